The molecule has 1 heterocycles. The van der Waals surface area contributed by atoms with Gasteiger partial charge in [0.2, 0.25) is 10.1 Å². The van der Waals surface area contributed by atoms with Crippen LogP contribution in [0, 0.1) is 0 Å². The van der Waals surface area contributed by atoms with Crippen LogP contribution in [0.1, 0.15) is 0 Å². The minimum absolute atomic E-state index is 0.196. The van der Waals surface area contributed by atoms with Crippen molar-refractivity contribution in [2.24, 2.45) is 0 Å². The van der Waals surface area contributed by atoms with Crippen LogP contribution in [0.25, 0.3) is 0 Å². The minimum Gasteiger partial charge on any atom is -0.377 e. The molecule has 1 fully saturated rings. The number of alkyl halides is 4. The molecule has 0 amide bonds. The van der Waals surface area contributed by atoms with Crippen LogP contribution in [-0.4, -0.2) is 41.9 Å². The van der Waals surface area contributed by atoms with E-state index in [4.69, 9.17) is 60.6 Å². The van der Waals surface area contributed by atoms with Gasteiger partial charge in [0.05, 0.1) is 19.8 Å². The van der Waals surface area contributed by atoms with Gasteiger partial charge < -0.3 is 14.2 Å². The molecule has 1 aliphatic rings. The van der Waals surface area contributed by atoms with Crippen molar-refractivity contribution in [1.82, 2.24) is 0 Å². The Hall–Kier alpha value is 1.04. The maximum Gasteiger partial charge on any atom is 0.240 e. The second-order valence-corrected chi connectivity index (χ2v) is 5.48. The molecule has 14 heavy (non-hydrogen) atoms. The predicted molar refractivity (Wildman–Crippen MR) is 56.4 cm³/mol. The van der Waals surface area contributed by atoms with E-state index in [0.29, 0.717) is 25.7 Å². The Balaban J connectivity index is 2.21. The second-order valence-electron chi connectivity index (χ2n) is 2.73. The summed E-state index contributed by atoms with van der Waals surface area (Å²) < 4.78 is 14.0. The van der Waals surface area contributed by atoms with Gasteiger partial charge in [0.25, 0.3) is 0 Å². The molecule has 84 valence electrons. The highest BCUT2D eigenvalue weighted by molar-refractivity contribution is 6.67. The van der Waals surface area contributed by atoms with Gasteiger partial charge in [-0.2, -0.15) is 0 Å². The number of halogens is 4. The van der Waals surface area contributed by atoms with E-state index in [2.05, 4.69) is 0 Å². The minimum atomic E-state index is -1.55. The number of ether oxygens (including phenoxy) is 3. The summed E-state index contributed by atoms with van der Waals surface area (Å²) in [5.41, 5.74) is 0. The molecule has 0 radical (unpaired) electrons. The van der Waals surface area contributed by atoms with Crippen LogP contribution in [0.2, 0.25) is 0 Å². The standard InChI is InChI=1S/C7H10Cl4O3/c8-1-2-12-3-5-4-13-6(14-5)7(9,10)11/h5-6H,1-4H2/t5-,6-/m0/s1. The van der Waals surface area contributed by atoms with Crippen molar-refractivity contribution in [2.45, 2.75) is 16.2 Å². The number of hydrogen-bond acceptors (Lipinski definition) is 3. The highest BCUT2D eigenvalue weighted by atomic mass is 35.6. The molecule has 0 aliphatic carbocycles. The Bertz CT molecular complexity index is 173. The van der Waals surface area contributed by atoms with Crippen LogP contribution >= 0.6 is 46.4 Å². The largest absolute Gasteiger partial charge is 0.377 e. The molecule has 2 atom stereocenters. The monoisotopic (exact) mass is 282 g/mol. The average Bonchev–Trinajstić information content (AvgIpc) is 2.52. The van der Waals surface area contributed by atoms with Crippen molar-refractivity contribution in [3.05, 3.63) is 0 Å². The molecule has 0 bridgehead atoms. The first-order chi connectivity index (χ1) is 6.54. The van der Waals surface area contributed by atoms with Crippen LogP contribution in [0.3, 0.4) is 0 Å². The Morgan fingerprint density at radius 2 is 2.07 bits per heavy atom. The van der Waals surface area contributed by atoms with Crippen LogP contribution in [0.4, 0.5) is 0 Å². The summed E-state index contributed by atoms with van der Waals surface area (Å²) in [7, 11) is 0. The van der Waals surface area contributed by atoms with Crippen molar-refractivity contribution in [3.63, 3.8) is 0 Å². The van der Waals surface area contributed by atoms with Gasteiger partial charge in [-0.15, -0.1) is 11.6 Å². The van der Waals surface area contributed by atoms with Gasteiger partial charge in [0.15, 0.2) is 0 Å². The summed E-state index contributed by atoms with van der Waals surface area (Å²) in [6.07, 6.45) is -1.02. The van der Waals surface area contributed by atoms with Crippen LogP contribution in [-0.2, 0) is 14.2 Å². The molecule has 0 unspecified atom stereocenters. The fraction of sp³-hybridized carbons (Fsp3) is 1.00. The lowest BCUT2D eigenvalue weighted by atomic mass is 10.4. The van der Waals surface area contributed by atoms with Gasteiger partial charge in [-0.3, -0.25) is 0 Å². The van der Waals surface area contributed by atoms with Crippen LogP contribution < -0.4 is 0 Å². The van der Waals surface area contributed by atoms with Crippen LogP contribution in [0.5, 0.6) is 0 Å². The van der Waals surface area contributed by atoms with Gasteiger partial charge in [-0.05, 0) is 0 Å². The molecule has 0 saturated carbocycles. The fourth-order valence-electron chi connectivity index (χ4n) is 0.976. The van der Waals surface area contributed by atoms with Gasteiger partial charge in [-0.25, -0.2) is 0 Å². The lowest BCUT2D eigenvalue weighted by Crippen LogP contribution is -2.28. The van der Waals surface area contributed by atoms with Crippen molar-refractivity contribution in [1.29, 1.82) is 0 Å². The summed E-state index contributed by atoms with van der Waals surface area (Å²) in [6, 6.07) is 0. The van der Waals surface area contributed by atoms with Crippen molar-refractivity contribution < 1.29 is 14.2 Å². The van der Waals surface area contributed by atoms with E-state index in [1.807, 2.05) is 0 Å². The summed E-state index contributed by atoms with van der Waals surface area (Å²) in [6.45, 7) is 1.23. The summed E-state index contributed by atoms with van der Waals surface area (Å²) in [5, 5.41) is 0. The molecule has 1 saturated heterocycles. The molecule has 0 spiro atoms. The van der Waals surface area contributed by atoms with E-state index >= 15 is 0 Å². The third-order valence-electron chi connectivity index (χ3n) is 1.54. The molecule has 1 rings (SSSR count). The SMILES string of the molecule is ClCCOC[C@H]1CO[C@H](C(Cl)(Cl)Cl)O1. The molecule has 1 aliphatic heterocycles. The molecule has 7 heteroatoms. The van der Waals surface area contributed by atoms with E-state index < -0.39 is 10.1 Å². The molecule has 3 nitrogen and oxygen atoms in total. The van der Waals surface area contributed by atoms with E-state index in [0.717, 1.165) is 0 Å². The highest BCUT2D eigenvalue weighted by Crippen LogP contribution is 2.36. The van der Waals surface area contributed by atoms with E-state index in [1.165, 1.54) is 0 Å². The zero-order valence-corrected chi connectivity index (χ0v) is 10.2. The van der Waals surface area contributed by atoms with Crippen LogP contribution in [0.15, 0.2) is 0 Å². The maximum absolute atomic E-state index is 5.59. The fourth-order valence-corrected chi connectivity index (χ4v) is 1.43. The number of rotatable bonds is 4. The van der Waals surface area contributed by atoms with E-state index in [-0.39, 0.29) is 6.10 Å². The normalized spacial score (nSPS) is 28.3. The summed E-state index contributed by atoms with van der Waals surface area (Å²) in [5.74, 6) is 0.446. The molecule has 0 N–H and O–H groups in total. The average molecular weight is 284 g/mol. The van der Waals surface area contributed by atoms with Gasteiger partial charge in [-0.1, -0.05) is 34.8 Å². The van der Waals surface area contributed by atoms with Gasteiger partial charge in [0.1, 0.15) is 6.10 Å². The maximum atomic E-state index is 5.59. The third-order valence-corrected chi connectivity index (χ3v) is 2.23. The quantitative estimate of drug-likeness (QED) is 0.586. The Morgan fingerprint density at radius 3 is 2.57 bits per heavy atom. The highest BCUT2D eigenvalue weighted by Gasteiger charge is 2.41. The third kappa shape index (κ3) is 4.27. The second kappa shape index (κ2) is 5.94. The Kier molecular flexibility index (Phi) is 5.57. The zero-order chi connectivity index (χ0) is 10.6. The molecule has 0 aromatic carbocycles. The molecule has 0 aromatic rings. The number of hydrogen-bond donors (Lipinski definition) is 0. The first-order valence-corrected chi connectivity index (χ1v) is 5.68. The Morgan fingerprint density at radius 1 is 1.36 bits per heavy atom. The molecular weight excluding hydrogens is 274 g/mol. The smallest absolute Gasteiger partial charge is 0.240 e. The Labute approximate surface area is 102 Å². The van der Waals surface area contributed by atoms with Crippen molar-refractivity contribution in [3.8, 4) is 0 Å². The first-order valence-electron chi connectivity index (χ1n) is 4.01. The summed E-state index contributed by atoms with van der Waals surface area (Å²) in [4.78, 5) is 0. The van der Waals surface area contributed by atoms with Gasteiger partial charge >= 0.3 is 0 Å². The topological polar surface area (TPSA) is 27.7 Å². The first kappa shape index (κ1) is 13.1. The lowest BCUT2D eigenvalue weighted by molar-refractivity contribution is -0.0667. The van der Waals surface area contributed by atoms with Crippen molar-refractivity contribution >= 4 is 46.4 Å². The summed E-state index contributed by atoms with van der Waals surface area (Å²) >= 11 is 22.2. The molecular formula is C7H10Cl4O3. The van der Waals surface area contributed by atoms with Gasteiger partial charge in [0, 0.05) is 5.88 Å². The zero-order valence-electron chi connectivity index (χ0n) is 7.22. The predicted octanol–water partition coefficient (Wildman–Crippen LogP) is 2.35. The van der Waals surface area contributed by atoms with Crippen molar-refractivity contribution in [2.75, 3.05) is 25.7 Å². The molecule has 0 aromatic heterocycles. The van der Waals surface area contributed by atoms with E-state index in [9.17, 15) is 0 Å². The van der Waals surface area contributed by atoms with E-state index in [1.54, 1.807) is 0 Å². The lowest BCUT2D eigenvalue weighted by Gasteiger charge is -2.18.